The fraction of sp³-hybridized carbons (Fsp3) is 0.217. The number of pyridine rings is 1. The molecule has 1 aromatic carbocycles. The van der Waals surface area contributed by atoms with E-state index in [4.69, 9.17) is 5.26 Å². The van der Waals surface area contributed by atoms with Crippen LogP contribution in [0.15, 0.2) is 53.8 Å². The van der Waals surface area contributed by atoms with Gasteiger partial charge in [0.25, 0.3) is 0 Å². The van der Waals surface area contributed by atoms with E-state index in [1.807, 2.05) is 42.7 Å². The minimum atomic E-state index is 0.0182. The van der Waals surface area contributed by atoms with Gasteiger partial charge in [-0.05, 0) is 49.1 Å². The number of hydrogen-bond acceptors (Lipinski definition) is 8. The van der Waals surface area contributed by atoms with Gasteiger partial charge in [0.05, 0.1) is 27.8 Å². The molecule has 3 heterocycles. The molecule has 0 unspecified atom stereocenters. The molecule has 1 aliphatic carbocycles. The largest absolute Gasteiger partial charge is 0.381 e. The summed E-state index contributed by atoms with van der Waals surface area (Å²) in [6.07, 6.45) is 7.29. The van der Waals surface area contributed by atoms with Gasteiger partial charge in [0.1, 0.15) is 10.7 Å². The summed E-state index contributed by atoms with van der Waals surface area (Å²) in [5, 5.41) is 14.5. The third-order valence-electron chi connectivity index (χ3n) is 5.46. The molecule has 32 heavy (non-hydrogen) atoms. The predicted octanol–water partition coefficient (Wildman–Crippen LogP) is 5.00. The smallest absolute Gasteiger partial charge is 0.171 e. The predicted molar refractivity (Wildman–Crippen MR) is 128 cm³/mol. The first kappa shape index (κ1) is 20.7. The normalized spacial score (nSPS) is 17.6. The van der Waals surface area contributed by atoms with Crippen LogP contribution < -0.4 is 10.0 Å². The Balaban J connectivity index is 1.29. The zero-order valence-electron chi connectivity index (χ0n) is 17.3. The van der Waals surface area contributed by atoms with Gasteiger partial charge in [-0.1, -0.05) is 6.07 Å². The number of H-pyrrole nitrogens is 1. The molecule has 0 atom stereocenters. The van der Waals surface area contributed by atoms with Gasteiger partial charge in [-0.15, -0.1) is 11.3 Å². The van der Waals surface area contributed by atoms with Crippen molar-refractivity contribution >= 4 is 45.8 Å². The van der Waals surface area contributed by atoms with E-state index in [1.54, 1.807) is 25.1 Å². The Bertz CT molecular complexity index is 1330. The van der Waals surface area contributed by atoms with Crippen molar-refractivity contribution < 1.29 is 4.79 Å². The maximum atomic E-state index is 11.7. The number of fused-ring (bicyclic) bond motifs is 1. The molecular formula is C23H20N6OS2. The van der Waals surface area contributed by atoms with Crippen LogP contribution in [0.1, 0.15) is 35.0 Å². The molecule has 0 bridgehead atoms. The Kier molecular flexibility index (Phi) is 5.66. The molecule has 1 aliphatic rings. The van der Waals surface area contributed by atoms with E-state index in [2.05, 4.69) is 31.1 Å². The number of rotatable bonds is 7. The highest BCUT2D eigenvalue weighted by atomic mass is 32.2. The van der Waals surface area contributed by atoms with E-state index in [-0.39, 0.29) is 5.78 Å². The number of ketones is 1. The van der Waals surface area contributed by atoms with Crippen LogP contribution in [-0.4, -0.2) is 32.8 Å². The molecule has 160 valence electrons. The minimum absolute atomic E-state index is 0.0182. The molecule has 7 nitrogen and oxygen atoms in total. The summed E-state index contributed by atoms with van der Waals surface area (Å²) in [7, 11) is 0. The minimum Gasteiger partial charge on any atom is -0.381 e. The highest BCUT2D eigenvalue weighted by molar-refractivity contribution is 7.97. The lowest BCUT2D eigenvalue weighted by molar-refractivity contribution is 0.102. The zero-order chi connectivity index (χ0) is 22.1. The van der Waals surface area contributed by atoms with Crippen LogP contribution in [0.25, 0.3) is 21.6 Å². The van der Waals surface area contributed by atoms with Crippen molar-refractivity contribution in [1.29, 1.82) is 5.26 Å². The standard InChI is InChI=1S/C23H20N6OS2/c1-13(30)20-12-27-23(31-20)19-11-26-22-18(5-6-25-22)21(19)28-15-8-16(9-15)29-32-17-4-2-3-14(7-17)10-24/h2-7,11-12,15-16,29H,8-9H2,1H3,(H2,25,26,28)/t15-,16-. The van der Waals surface area contributed by atoms with Gasteiger partial charge in [-0.2, -0.15) is 5.26 Å². The summed E-state index contributed by atoms with van der Waals surface area (Å²) in [6, 6.07) is 12.5. The number of hydrogen-bond donors (Lipinski definition) is 3. The number of carbonyl (C=O) groups is 1. The molecule has 4 aromatic rings. The van der Waals surface area contributed by atoms with Crippen LogP contribution in [0.2, 0.25) is 0 Å². The Hall–Kier alpha value is -3.19. The molecule has 0 saturated heterocycles. The van der Waals surface area contributed by atoms with Crippen molar-refractivity contribution in [3.8, 4) is 16.6 Å². The van der Waals surface area contributed by atoms with Crippen LogP contribution in [-0.2, 0) is 0 Å². The summed E-state index contributed by atoms with van der Waals surface area (Å²) >= 11 is 2.96. The summed E-state index contributed by atoms with van der Waals surface area (Å²) in [6.45, 7) is 1.56. The van der Waals surface area contributed by atoms with Crippen LogP contribution in [0.3, 0.4) is 0 Å². The van der Waals surface area contributed by atoms with Gasteiger partial charge < -0.3 is 10.3 Å². The Labute approximate surface area is 193 Å². The van der Waals surface area contributed by atoms with E-state index in [1.165, 1.54) is 11.3 Å². The number of benzene rings is 1. The van der Waals surface area contributed by atoms with Crippen LogP contribution in [0, 0.1) is 11.3 Å². The highest BCUT2D eigenvalue weighted by Crippen LogP contribution is 2.38. The van der Waals surface area contributed by atoms with Crippen LogP contribution >= 0.6 is 23.3 Å². The highest BCUT2D eigenvalue weighted by Gasteiger charge is 2.30. The number of thiazole rings is 1. The van der Waals surface area contributed by atoms with Crippen molar-refractivity contribution in [2.24, 2.45) is 0 Å². The molecule has 0 spiro atoms. The van der Waals surface area contributed by atoms with E-state index in [0.29, 0.717) is 22.5 Å². The SMILES string of the molecule is CC(=O)c1cnc(-c2cnc3[nH]ccc3c2N[C@H]2C[C@H](NSc3cccc(C#N)c3)C2)s1. The lowest BCUT2D eigenvalue weighted by Gasteiger charge is -2.37. The fourth-order valence-electron chi connectivity index (χ4n) is 3.70. The number of Topliss-reactive ketones (excluding diaryl/α,β-unsaturated/α-hetero) is 1. The first-order chi connectivity index (χ1) is 15.6. The van der Waals surface area contributed by atoms with Crippen molar-refractivity contribution in [3.05, 3.63) is 59.4 Å². The molecule has 9 heteroatoms. The van der Waals surface area contributed by atoms with E-state index >= 15 is 0 Å². The Morgan fingerprint density at radius 1 is 1.25 bits per heavy atom. The first-order valence-electron chi connectivity index (χ1n) is 10.2. The monoisotopic (exact) mass is 460 g/mol. The average Bonchev–Trinajstić information content (AvgIpc) is 3.45. The molecule has 3 aromatic heterocycles. The second-order valence-corrected chi connectivity index (χ2v) is 9.68. The topological polar surface area (TPSA) is 106 Å². The van der Waals surface area contributed by atoms with Crippen molar-refractivity contribution in [2.75, 3.05) is 5.32 Å². The third-order valence-corrected chi connectivity index (χ3v) is 7.54. The number of nitriles is 1. The number of nitrogens with zero attached hydrogens (tertiary/aromatic N) is 3. The quantitative estimate of drug-likeness (QED) is 0.263. The van der Waals surface area contributed by atoms with E-state index in [9.17, 15) is 4.79 Å². The maximum absolute atomic E-state index is 11.7. The Morgan fingerprint density at radius 3 is 2.91 bits per heavy atom. The summed E-state index contributed by atoms with van der Waals surface area (Å²) in [4.78, 5) is 25.6. The van der Waals surface area contributed by atoms with Gasteiger partial charge in [-0.25, -0.2) is 9.97 Å². The fourth-order valence-corrected chi connectivity index (χ4v) is 5.36. The molecule has 1 saturated carbocycles. The Morgan fingerprint density at radius 2 is 2.12 bits per heavy atom. The van der Waals surface area contributed by atoms with Crippen molar-refractivity contribution in [2.45, 2.75) is 36.7 Å². The summed E-state index contributed by atoms with van der Waals surface area (Å²) < 4.78 is 3.50. The first-order valence-corrected chi connectivity index (χ1v) is 11.9. The molecule has 0 radical (unpaired) electrons. The van der Waals surface area contributed by atoms with Crippen LogP contribution in [0.5, 0.6) is 0 Å². The maximum Gasteiger partial charge on any atom is 0.171 e. The third kappa shape index (κ3) is 4.12. The number of carbonyl (C=O) groups excluding carboxylic acids is 1. The lowest BCUT2D eigenvalue weighted by atomic mass is 9.87. The van der Waals surface area contributed by atoms with Gasteiger partial charge in [-0.3, -0.25) is 9.52 Å². The number of aromatic amines is 1. The molecule has 0 amide bonds. The van der Waals surface area contributed by atoms with E-state index in [0.717, 1.165) is 45.0 Å². The van der Waals surface area contributed by atoms with E-state index < -0.39 is 0 Å². The number of anilines is 1. The zero-order valence-corrected chi connectivity index (χ0v) is 18.9. The average molecular weight is 461 g/mol. The second kappa shape index (κ2) is 8.74. The number of aromatic nitrogens is 3. The molecule has 3 N–H and O–H groups in total. The summed E-state index contributed by atoms with van der Waals surface area (Å²) in [5.41, 5.74) is 3.40. The van der Waals surface area contributed by atoms with Crippen LogP contribution in [0.4, 0.5) is 5.69 Å². The molecule has 5 rings (SSSR count). The molecule has 0 aliphatic heterocycles. The number of nitrogens with one attached hydrogen (secondary N) is 3. The van der Waals surface area contributed by atoms with Gasteiger partial charge in [0.15, 0.2) is 5.78 Å². The lowest BCUT2D eigenvalue weighted by Crippen LogP contribution is -2.45. The van der Waals surface area contributed by atoms with Crippen molar-refractivity contribution in [1.82, 2.24) is 19.7 Å². The molecule has 1 fully saturated rings. The van der Waals surface area contributed by atoms with Gasteiger partial charge >= 0.3 is 0 Å². The summed E-state index contributed by atoms with van der Waals surface area (Å²) in [5.74, 6) is 0.0182. The molecular weight excluding hydrogens is 440 g/mol. The van der Waals surface area contributed by atoms with Gasteiger partial charge in [0, 0.05) is 47.9 Å². The van der Waals surface area contributed by atoms with Crippen molar-refractivity contribution in [3.63, 3.8) is 0 Å². The van der Waals surface area contributed by atoms with Gasteiger partial charge in [0.2, 0.25) is 0 Å². The second-order valence-electron chi connectivity index (χ2n) is 7.74.